The van der Waals surface area contributed by atoms with Gasteiger partial charge in [0.1, 0.15) is 0 Å². The summed E-state index contributed by atoms with van der Waals surface area (Å²) in [5, 5.41) is 9.54. The van der Waals surface area contributed by atoms with E-state index >= 15 is 0 Å². The van der Waals surface area contributed by atoms with Gasteiger partial charge in [0.05, 0.1) is 13.2 Å². The Kier molecular flexibility index (Phi) is 3.80. The van der Waals surface area contributed by atoms with Gasteiger partial charge in [0, 0.05) is 0 Å². The summed E-state index contributed by atoms with van der Waals surface area (Å²) >= 11 is 0. The van der Waals surface area contributed by atoms with Crippen molar-refractivity contribution < 1.29 is 18.6 Å². The lowest BCUT2D eigenvalue weighted by Gasteiger charge is -2.11. The molecule has 1 rings (SSSR count). The van der Waals surface area contributed by atoms with E-state index in [2.05, 4.69) is 11.3 Å². The maximum absolute atomic E-state index is 13.0. The van der Waals surface area contributed by atoms with Crippen molar-refractivity contribution in [1.82, 2.24) is 0 Å². The Morgan fingerprint density at radius 2 is 2.20 bits per heavy atom. The molecule has 0 amide bonds. The fraction of sp³-hybridized carbons (Fsp3) is 0.273. The highest BCUT2D eigenvalue weighted by atomic mass is 19.2. The molecule has 0 aliphatic carbocycles. The van der Waals surface area contributed by atoms with Crippen molar-refractivity contribution in [3.63, 3.8) is 0 Å². The zero-order chi connectivity index (χ0) is 11.4. The molecule has 0 radical (unpaired) electrons. The van der Waals surface area contributed by atoms with E-state index < -0.39 is 17.7 Å². The van der Waals surface area contributed by atoms with Crippen LogP contribution in [0.5, 0.6) is 5.75 Å². The van der Waals surface area contributed by atoms with Crippen molar-refractivity contribution in [3.05, 3.63) is 42.0 Å². The maximum Gasteiger partial charge on any atom is 0.200 e. The molecule has 0 aliphatic heterocycles. The van der Waals surface area contributed by atoms with Crippen molar-refractivity contribution >= 4 is 0 Å². The Bertz CT molecular complexity index is 364. The van der Waals surface area contributed by atoms with Gasteiger partial charge in [-0.2, -0.15) is 4.39 Å². The number of aliphatic hydroxyl groups excluding tert-OH is 1. The second-order valence-corrected chi connectivity index (χ2v) is 3.06. The first-order valence-electron chi connectivity index (χ1n) is 4.42. The molecule has 1 N–H and O–H groups in total. The molecule has 15 heavy (non-hydrogen) atoms. The van der Waals surface area contributed by atoms with Crippen LogP contribution in [0.2, 0.25) is 0 Å². The molecule has 0 aromatic heterocycles. The van der Waals surface area contributed by atoms with Crippen LogP contribution in [0.3, 0.4) is 0 Å². The highest BCUT2D eigenvalue weighted by molar-refractivity contribution is 5.32. The van der Waals surface area contributed by atoms with Gasteiger partial charge in [0.2, 0.25) is 5.82 Å². The third-order valence-corrected chi connectivity index (χ3v) is 2.01. The molecule has 82 valence electrons. The normalized spacial score (nSPS) is 12.3. The summed E-state index contributed by atoms with van der Waals surface area (Å²) in [4.78, 5) is 0. The number of methoxy groups -OCH3 is 1. The molecular formula is C11H12F2O2. The summed E-state index contributed by atoms with van der Waals surface area (Å²) in [5.74, 6) is -2.30. The monoisotopic (exact) mass is 214 g/mol. The van der Waals surface area contributed by atoms with Crippen LogP contribution < -0.4 is 4.74 Å². The van der Waals surface area contributed by atoms with Gasteiger partial charge >= 0.3 is 0 Å². The Morgan fingerprint density at radius 3 is 2.73 bits per heavy atom. The molecule has 0 fully saturated rings. The molecule has 0 aliphatic rings. The van der Waals surface area contributed by atoms with Crippen LogP contribution in [-0.2, 0) is 0 Å². The van der Waals surface area contributed by atoms with E-state index in [9.17, 15) is 13.9 Å². The van der Waals surface area contributed by atoms with Crippen LogP contribution >= 0.6 is 0 Å². The van der Waals surface area contributed by atoms with Gasteiger partial charge in [-0.3, -0.25) is 0 Å². The van der Waals surface area contributed by atoms with Crippen LogP contribution in [0.15, 0.2) is 24.8 Å². The van der Waals surface area contributed by atoms with Gasteiger partial charge in [-0.15, -0.1) is 6.58 Å². The molecule has 0 saturated carbocycles. The fourth-order valence-corrected chi connectivity index (χ4v) is 1.22. The zero-order valence-electron chi connectivity index (χ0n) is 8.34. The van der Waals surface area contributed by atoms with Gasteiger partial charge in [0.25, 0.3) is 0 Å². The van der Waals surface area contributed by atoms with Crippen LogP contribution in [0, 0.1) is 11.6 Å². The lowest BCUT2D eigenvalue weighted by molar-refractivity contribution is 0.180. The molecule has 0 bridgehead atoms. The van der Waals surface area contributed by atoms with Gasteiger partial charge in [-0.05, 0) is 24.1 Å². The van der Waals surface area contributed by atoms with Gasteiger partial charge in [0.15, 0.2) is 11.6 Å². The summed E-state index contributed by atoms with van der Waals surface area (Å²) in [5.41, 5.74) is 0.269. The van der Waals surface area contributed by atoms with Crippen molar-refractivity contribution in [1.29, 1.82) is 0 Å². The third kappa shape index (κ3) is 2.53. The molecule has 1 aromatic rings. The van der Waals surface area contributed by atoms with Crippen LogP contribution in [0.25, 0.3) is 0 Å². The van der Waals surface area contributed by atoms with Crippen molar-refractivity contribution in [2.24, 2.45) is 0 Å². The molecular weight excluding hydrogens is 202 g/mol. The molecule has 2 nitrogen and oxygen atoms in total. The minimum absolute atomic E-state index is 0.215. The predicted octanol–water partition coefficient (Wildman–Crippen LogP) is 2.58. The predicted molar refractivity (Wildman–Crippen MR) is 52.7 cm³/mol. The number of halogens is 2. The SMILES string of the molecule is C=CC[C@H](O)c1cc(F)c(F)c(OC)c1. The largest absolute Gasteiger partial charge is 0.494 e. The van der Waals surface area contributed by atoms with E-state index in [-0.39, 0.29) is 17.7 Å². The zero-order valence-corrected chi connectivity index (χ0v) is 8.34. The number of hydrogen-bond acceptors (Lipinski definition) is 2. The number of hydrogen-bond donors (Lipinski definition) is 1. The van der Waals surface area contributed by atoms with Gasteiger partial charge in [-0.25, -0.2) is 4.39 Å². The molecule has 1 atom stereocenters. The summed E-state index contributed by atoms with van der Waals surface area (Å²) in [6, 6.07) is 2.22. The summed E-state index contributed by atoms with van der Waals surface area (Å²) in [6.07, 6.45) is 0.874. The first kappa shape index (κ1) is 11.7. The van der Waals surface area contributed by atoms with Crippen LogP contribution in [0.4, 0.5) is 8.78 Å². The van der Waals surface area contributed by atoms with E-state index in [4.69, 9.17) is 0 Å². The summed E-state index contributed by atoms with van der Waals surface area (Å²) < 4.78 is 30.7. The van der Waals surface area contributed by atoms with Crippen molar-refractivity contribution in [2.75, 3.05) is 7.11 Å². The smallest absolute Gasteiger partial charge is 0.200 e. The topological polar surface area (TPSA) is 29.5 Å². The van der Waals surface area contributed by atoms with E-state index in [0.29, 0.717) is 0 Å². The van der Waals surface area contributed by atoms with Crippen LogP contribution in [-0.4, -0.2) is 12.2 Å². The Morgan fingerprint density at radius 1 is 1.53 bits per heavy atom. The second-order valence-electron chi connectivity index (χ2n) is 3.06. The van der Waals surface area contributed by atoms with Crippen molar-refractivity contribution in [2.45, 2.75) is 12.5 Å². The van der Waals surface area contributed by atoms with E-state index in [1.807, 2.05) is 0 Å². The lowest BCUT2D eigenvalue weighted by atomic mass is 10.1. The van der Waals surface area contributed by atoms with E-state index in [1.165, 1.54) is 19.3 Å². The Balaban J connectivity index is 3.10. The second kappa shape index (κ2) is 4.89. The average Bonchev–Trinajstić information content (AvgIpc) is 2.22. The quantitative estimate of drug-likeness (QED) is 0.780. The van der Waals surface area contributed by atoms with Gasteiger partial charge < -0.3 is 9.84 Å². The Labute approximate surface area is 86.8 Å². The molecule has 1 aromatic carbocycles. The minimum atomic E-state index is -1.05. The Hall–Kier alpha value is -1.42. The third-order valence-electron chi connectivity index (χ3n) is 2.01. The van der Waals surface area contributed by atoms with E-state index in [1.54, 1.807) is 0 Å². The van der Waals surface area contributed by atoms with E-state index in [0.717, 1.165) is 6.07 Å². The van der Waals surface area contributed by atoms with Crippen molar-refractivity contribution in [3.8, 4) is 5.75 Å². The van der Waals surface area contributed by atoms with Gasteiger partial charge in [-0.1, -0.05) is 6.08 Å². The summed E-state index contributed by atoms with van der Waals surface area (Å²) in [7, 11) is 1.24. The molecule has 0 saturated heterocycles. The molecule has 0 unspecified atom stereocenters. The number of aliphatic hydroxyl groups is 1. The molecule has 0 spiro atoms. The first-order chi connectivity index (χ1) is 7.10. The lowest BCUT2D eigenvalue weighted by Crippen LogP contribution is -2.00. The highest BCUT2D eigenvalue weighted by Gasteiger charge is 2.14. The standard InChI is InChI=1S/C11H12F2O2/c1-3-4-9(14)7-5-8(12)11(13)10(6-7)15-2/h3,5-6,9,14H,1,4H2,2H3/t9-/m0/s1. The summed E-state index contributed by atoms with van der Waals surface area (Å²) in [6.45, 7) is 3.45. The highest BCUT2D eigenvalue weighted by Crippen LogP contribution is 2.26. The van der Waals surface area contributed by atoms with Crippen LogP contribution in [0.1, 0.15) is 18.1 Å². The molecule has 4 heteroatoms. The first-order valence-corrected chi connectivity index (χ1v) is 4.42. The minimum Gasteiger partial charge on any atom is -0.494 e. The number of benzene rings is 1. The fourth-order valence-electron chi connectivity index (χ4n) is 1.22. The maximum atomic E-state index is 13.0. The average molecular weight is 214 g/mol. The number of ether oxygens (including phenoxy) is 1. The number of rotatable bonds is 4. The molecule has 0 heterocycles.